The van der Waals surface area contributed by atoms with Gasteiger partial charge in [-0.2, -0.15) is 0 Å². The van der Waals surface area contributed by atoms with E-state index in [0.717, 1.165) is 36.2 Å². The highest BCUT2D eigenvalue weighted by Gasteiger charge is 2.15. The van der Waals surface area contributed by atoms with Gasteiger partial charge in [-0.15, -0.1) is 0 Å². The van der Waals surface area contributed by atoms with Crippen LogP contribution in [0.4, 0.5) is 23.0 Å². The maximum atomic E-state index is 12.2. The maximum absolute atomic E-state index is 12.2. The Bertz CT molecular complexity index is 1070. The lowest BCUT2D eigenvalue weighted by molar-refractivity contribution is -0.118. The Morgan fingerprint density at radius 2 is 1.72 bits per heavy atom. The molecule has 2 N–H and O–H groups in total. The van der Waals surface area contributed by atoms with Gasteiger partial charge in [0.05, 0.1) is 7.11 Å². The molecule has 2 aromatic carbocycles. The van der Waals surface area contributed by atoms with Crippen LogP contribution in [0, 0.1) is 6.92 Å². The number of carbonyl (C=O) groups is 1. The van der Waals surface area contributed by atoms with E-state index in [1.165, 1.54) is 12.8 Å². The van der Waals surface area contributed by atoms with Gasteiger partial charge in [-0.05, 0) is 56.2 Å². The van der Waals surface area contributed by atoms with Crippen LogP contribution in [0.25, 0.3) is 0 Å². The summed E-state index contributed by atoms with van der Waals surface area (Å²) in [7, 11) is 1.59. The number of nitrogens with one attached hydrogen (secondary N) is 2. The number of aryl methyl sites for hydroxylation is 1. The van der Waals surface area contributed by atoms with Crippen molar-refractivity contribution >= 4 is 28.9 Å². The molecule has 0 unspecified atom stereocenters. The molecule has 0 radical (unpaired) electrons. The number of ether oxygens (including phenoxy) is 2. The van der Waals surface area contributed by atoms with Crippen LogP contribution in [-0.2, 0) is 4.79 Å². The third kappa shape index (κ3) is 5.66. The lowest BCUT2D eigenvalue weighted by Gasteiger charge is -2.18. The van der Waals surface area contributed by atoms with Crippen LogP contribution in [0.1, 0.15) is 18.7 Å². The van der Waals surface area contributed by atoms with E-state index >= 15 is 0 Å². The minimum Gasteiger partial charge on any atom is -0.497 e. The van der Waals surface area contributed by atoms with E-state index in [0.29, 0.717) is 17.2 Å². The Morgan fingerprint density at radius 1 is 1.00 bits per heavy atom. The van der Waals surface area contributed by atoms with Gasteiger partial charge in [-0.25, -0.2) is 9.97 Å². The number of nitrogens with zero attached hydrogens (tertiary/aromatic N) is 3. The predicted molar refractivity (Wildman–Crippen MR) is 125 cm³/mol. The van der Waals surface area contributed by atoms with Gasteiger partial charge in [0.25, 0.3) is 5.91 Å². The molecule has 0 atom stereocenters. The first-order valence-corrected chi connectivity index (χ1v) is 10.6. The Hall–Kier alpha value is -3.81. The SMILES string of the molecule is COc1cccc(OCC(=O)Nc2ccc(Nc3cc(N4CCCC4)nc(C)n3)cc2)c1. The number of methoxy groups -OCH3 is 1. The monoisotopic (exact) mass is 433 g/mol. The molecule has 1 saturated heterocycles. The molecular weight excluding hydrogens is 406 g/mol. The molecule has 1 aliphatic heterocycles. The van der Waals surface area contributed by atoms with Crippen molar-refractivity contribution in [2.75, 3.05) is 42.3 Å². The van der Waals surface area contributed by atoms with Crippen LogP contribution in [0.2, 0.25) is 0 Å². The number of benzene rings is 2. The third-order valence-corrected chi connectivity index (χ3v) is 5.11. The summed E-state index contributed by atoms with van der Waals surface area (Å²) in [4.78, 5) is 23.6. The van der Waals surface area contributed by atoms with Gasteiger partial charge in [-0.3, -0.25) is 4.79 Å². The van der Waals surface area contributed by atoms with Gasteiger partial charge >= 0.3 is 0 Å². The summed E-state index contributed by atoms with van der Waals surface area (Å²) in [5, 5.41) is 6.15. The fraction of sp³-hybridized carbons (Fsp3) is 0.292. The lowest BCUT2D eigenvalue weighted by Crippen LogP contribution is -2.20. The molecule has 166 valence electrons. The number of aromatic nitrogens is 2. The summed E-state index contributed by atoms with van der Waals surface area (Å²) >= 11 is 0. The summed E-state index contributed by atoms with van der Waals surface area (Å²) in [6.07, 6.45) is 2.40. The van der Waals surface area contributed by atoms with E-state index in [1.54, 1.807) is 19.2 Å². The van der Waals surface area contributed by atoms with Crippen molar-refractivity contribution in [3.05, 3.63) is 60.4 Å². The Morgan fingerprint density at radius 3 is 2.47 bits per heavy atom. The van der Waals surface area contributed by atoms with Crippen molar-refractivity contribution in [2.45, 2.75) is 19.8 Å². The molecule has 8 heteroatoms. The van der Waals surface area contributed by atoms with Crippen molar-refractivity contribution in [1.82, 2.24) is 9.97 Å². The predicted octanol–water partition coefficient (Wildman–Crippen LogP) is 4.15. The molecule has 0 spiro atoms. The maximum Gasteiger partial charge on any atom is 0.262 e. The molecule has 2 heterocycles. The van der Waals surface area contributed by atoms with Crippen molar-refractivity contribution in [2.24, 2.45) is 0 Å². The third-order valence-electron chi connectivity index (χ3n) is 5.11. The van der Waals surface area contributed by atoms with E-state index in [2.05, 4.69) is 25.5 Å². The Kier molecular flexibility index (Phi) is 6.69. The van der Waals surface area contributed by atoms with Crippen LogP contribution in [0.15, 0.2) is 54.6 Å². The molecule has 1 aromatic heterocycles. The second-order valence-electron chi connectivity index (χ2n) is 7.57. The van der Waals surface area contributed by atoms with E-state index in [4.69, 9.17) is 9.47 Å². The number of hydrogen-bond donors (Lipinski definition) is 2. The van der Waals surface area contributed by atoms with E-state index in [1.807, 2.05) is 49.4 Å². The van der Waals surface area contributed by atoms with Crippen LogP contribution in [-0.4, -0.2) is 42.7 Å². The summed E-state index contributed by atoms with van der Waals surface area (Å²) in [6, 6.07) is 16.6. The highest BCUT2D eigenvalue weighted by molar-refractivity contribution is 5.92. The minimum absolute atomic E-state index is 0.0906. The average molecular weight is 434 g/mol. The Balaban J connectivity index is 1.32. The molecule has 8 nitrogen and oxygen atoms in total. The number of carbonyl (C=O) groups excluding carboxylic acids is 1. The first kappa shape index (κ1) is 21.4. The van der Waals surface area contributed by atoms with E-state index in [-0.39, 0.29) is 12.5 Å². The van der Waals surface area contributed by atoms with Crippen LogP contribution >= 0.6 is 0 Å². The molecule has 3 aromatic rings. The van der Waals surface area contributed by atoms with Crippen molar-refractivity contribution in [1.29, 1.82) is 0 Å². The second kappa shape index (κ2) is 10.00. The van der Waals surface area contributed by atoms with Crippen molar-refractivity contribution < 1.29 is 14.3 Å². The van der Waals surface area contributed by atoms with Crippen molar-refractivity contribution in [3.8, 4) is 11.5 Å². The quantitative estimate of drug-likeness (QED) is 0.552. The highest BCUT2D eigenvalue weighted by Crippen LogP contribution is 2.24. The van der Waals surface area contributed by atoms with Crippen molar-refractivity contribution in [3.63, 3.8) is 0 Å². The fourth-order valence-corrected chi connectivity index (χ4v) is 3.55. The first-order chi connectivity index (χ1) is 15.6. The fourth-order valence-electron chi connectivity index (χ4n) is 3.55. The highest BCUT2D eigenvalue weighted by atomic mass is 16.5. The van der Waals surface area contributed by atoms with Gasteiger partial charge in [0.2, 0.25) is 0 Å². The Labute approximate surface area is 187 Å². The zero-order valence-electron chi connectivity index (χ0n) is 18.3. The largest absolute Gasteiger partial charge is 0.497 e. The smallest absolute Gasteiger partial charge is 0.262 e. The van der Waals surface area contributed by atoms with Crippen LogP contribution < -0.4 is 25.0 Å². The second-order valence-corrected chi connectivity index (χ2v) is 7.57. The first-order valence-electron chi connectivity index (χ1n) is 10.6. The molecule has 1 amide bonds. The summed E-state index contributed by atoms with van der Waals surface area (Å²) in [5.41, 5.74) is 1.56. The molecule has 0 aliphatic carbocycles. The number of anilines is 4. The summed E-state index contributed by atoms with van der Waals surface area (Å²) in [5.74, 6) is 3.46. The standard InChI is InChI=1S/C24H27N5O3/c1-17-25-22(15-23(26-17)29-12-3-4-13-29)27-18-8-10-19(11-9-18)28-24(30)16-32-21-7-5-6-20(14-21)31-2/h5-11,14-15H,3-4,12-13,16H2,1-2H3,(H,28,30)(H,25,26,27). The van der Waals surface area contributed by atoms with Gasteiger partial charge in [0, 0.05) is 36.6 Å². The molecule has 32 heavy (non-hydrogen) atoms. The number of amides is 1. The van der Waals surface area contributed by atoms with Gasteiger partial charge < -0.3 is 25.0 Å². The van der Waals surface area contributed by atoms with E-state index < -0.39 is 0 Å². The van der Waals surface area contributed by atoms with Gasteiger partial charge in [-0.1, -0.05) is 6.07 Å². The zero-order chi connectivity index (χ0) is 22.3. The molecule has 0 saturated carbocycles. The topological polar surface area (TPSA) is 88.6 Å². The average Bonchev–Trinajstić information content (AvgIpc) is 3.34. The zero-order valence-corrected chi connectivity index (χ0v) is 18.3. The van der Waals surface area contributed by atoms with Gasteiger partial charge in [0.1, 0.15) is 29.0 Å². The lowest BCUT2D eigenvalue weighted by atomic mass is 10.2. The number of hydrogen-bond acceptors (Lipinski definition) is 7. The summed E-state index contributed by atoms with van der Waals surface area (Å²) < 4.78 is 10.7. The van der Waals surface area contributed by atoms with Crippen LogP contribution in [0.5, 0.6) is 11.5 Å². The molecule has 1 fully saturated rings. The summed E-state index contributed by atoms with van der Waals surface area (Å²) in [6.45, 7) is 3.88. The van der Waals surface area contributed by atoms with Crippen LogP contribution in [0.3, 0.4) is 0 Å². The van der Waals surface area contributed by atoms with E-state index in [9.17, 15) is 4.79 Å². The molecular formula is C24H27N5O3. The molecule has 0 bridgehead atoms. The number of rotatable bonds is 8. The molecule has 4 rings (SSSR count). The normalized spacial score (nSPS) is 13.0. The minimum atomic E-state index is -0.241. The molecule has 1 aliphatic rings. The van der Waals surface area contributed by atoms with Gasteiger partial charge in [0.15, 0.2) is 6.61 Å².